The van der Waals surface area contributed by atoms with Crippen LogP contribution in [0.15, 0.2) is 53.7 Å². The van der Waals surface area contributed by atoms with Crippen molar-refractivity contribution >= 4 is 32.5 Å². The van der Waals surface area contributed by atoms with E-state index in [9.17, 15) is 13.2 Å². The number of H-pyrrole nitrogens is 1. The van der Waals surface area contributed by atoms with Gasteiger partial charge in [0.1, 0.15) is 5.75 Å². The Balaban J connectivity index is 1.81. The van der Waals surface area contributed by atoms with Gasteiger partial charge in [0.2, 0.25) is 20.9 Å². The molecule has 0 bridgehead atoms. The maximum atomic E-state index is 12.3. The molecule has 0 aliphatic carbocycles. The van der Waals surface area contributed by atoms with Crippen molar-refractivity contribution in [1.29, 1.82) is 0 Å². The zero-order valence-electron chi connectivity index (χ0n) is 12.4. The first-order valence-electron chi connectivity index (χ1n) is 6.98. The number of nitrogens with zero attached hydrogens (tertiary/aromatic N) is 1. The summed E-state index contributed by atoms with van der Waals surface area (Å²) in [6.45, 7) is 1.90. The number of hydrogen-bond donors (Lipinski definition) is 2. The van der Waals surface area contributed by atoms with Crippen LogP contribution in [-0.2, 0) is 14.6 Å². The van der Waals surface area contributed by atoms with E-state index in [1.165, 1.54) is 0 Å². The molecule has 2 aromatic carbocycles. The minimum atomic E-state index is -3.83. The van der Waals surface area contributed by atoms with Gasteiger partial charge in [-0.05, 0) is 36.8 Å². The highest BCUT2D eigenvalue weighted by atomic mass is 32.2. The molecule has 3 aromatic rings. The zero-order chi connectivity index (χ0) is 16.4. The normalized spacial score (nSPS) is 11.5. The standard InChI is InChI=1S/C16H15N3O3S/c1-11-7-8-13-14(9-11)19-16(18-13)23(21,22)10-15(20)17-12-5-3-2-4-6-12/h2-9H,10H2,1H3,(H,17,20)(H,18,19). The second kappa shape index (κ2) is 5.85. The summed E-state index contributed by atoms with van der Waals surface area (Å²) in [4.78, 5) is 18.8. The molecule has 7 heteroatoms. The summed E-state index contributed by atoms with van der Waals surface area (Å²) in [5.74, 6) is -1.27. The molecular weight excluding hydrogens is 314 g/mol. The van der Waals surface area contributed by atoms with E-state index < -0.39 is 21.5 Å². The van der Waals surface area contributed by atoms with Crippen molar-refractivity contribution in [2.45, 2.75) is 12.1 Å². The van der Waals surface area contributed by atoms with E-state index in [0.29, 0.717) is 16.7 Å². The Morgan fingerprint density at radius 3 is 2.65 bits per heavy atom. The van der Waals surface area contributed by atoms with Gasteiger partial charge in [0.05, 0.1) is 11.0 Å². The highest BCUT2D eigenvalue weighted by Crippen LogP contribution is 2.17. The quantitative estimate of drug-likeness (QED) is 0.768. The number of nitrogens with one attached hydrogen (secondary N) is 2. The monoisotopic (exact) mass is 329 g/mol. The van der Waals surface area contributed by atoms with Crippen molar-refractivity contribution in [3.63, 3.8) is 0 Å². The van der Waals surface area contributed by atoms with E-state index in [0.717, 1.165) is 5.56 Å². The Hall–Kier alpha value is -2.67. The summed E-state index contributed by atoms with van der Waals surface area (Å²) in [6.07, 6.45) is 0. The topological polar surface area (TPSA) is 91.9 Å². The maximum absolute atomic E-state index is 12.3. The van der Waals surface area contributed by atoms with E-state index in [-0.39, 0.29) is 5.16 Å². The number of anilines is 1. The molecule has 0 aliphatic rings. The van der Waals surface area contributed by atoms with E-state index in [1.54, 1.807) is 30.3 Å². The van der Waals surface area contributed by atoms with Crippen LogP contribution in [0.2, 0.25) is 0 Å². The zero-order valence-corrected chi connectivity index (χ0v) is 13.2. The van der Waals surface area contributed by atoms with Crippen molar-refractivity contribution in [2.24, 2.45) is 0 Å². The number of rotatable bonds is 4. The summed E-state index contributed by atoms with van der Waals surface area (Å²) < 4.78 is 24.7. The van der Waals surface area contributed by atoms with Gasteiger partial charge >= 0.3 is 0 Å². The van der Waals surface area contributed by atoms with Crippen LogP contribution in [0.25, 0.3) is 11.0 Å². The van der Waals surface area contributed by atoms with Gasteiger partial charge in [-0.15, -0.1) is 0 Å². The smallest absolute Gasteiger partial charge is 0.240 e. The largest absolute Gasteiger partial charge is 0.329 e. The van der Waals surface area contributed by atoms with E-state index in [4.69, 9.17) is 0 Å². The van der Waals surface area contributed by atoms with Crippen LogP contribution >= 0.6 is 0 Å². The molecular formula is C16H15N3O3S. The number of amides is 1. The number of fused-ring (bicyclic) bond motifs is 1. The molecule has 0 saturated carbocycles. The third-order valence-corrected chi connectivity index (χ3v) is 4.71. The van der Waals surface area contributed by atoms with Crippen LogP contribution in [0.3, 0.4) is 0 Å². The molecule has 0 radical (unpaired) electrons. The fourth-order valence-corrected chi connectivity index (χ4v) is 3.26. The molecule has 1 amide bonds. The van der Waals surface area contributed by atoms with E-state index in [1.807, 2.05) is 25.1 Å². The molecule has 6 nitrogen and oxygen atoms in total. The molecule has 3 rings (SSSR count). The first kappa shape index (κ1) is 15.2. The van der Waals surface area contributed by atoms with Crippen molar-refractivity contribution in [3.8, 4) is 0 Å². The molecule has 1 heterocycles. The number of para-hydroxylation sites is 1. The number of sulfone groups is 1. The second-order valence-corrected chi connectivity index (χ2v) is 7.14. The third-order valence-electron chi connectivity index (χ3n) is 3.29. The number of hydrogen-bond acceptors (Lipinski definition) is 4. The lowest BCUT2D eigenvalue weighted by molar-refractivity contribution is -0.113. The molecule has 0 unspecified atom stereocenters. The van der Waals surface area contributed by atoms with E-state index in [2.05, 4.69) is 15.3 Å². The number of benzene rings is 2. The Morgan fingerprint density at radius 1 is 1.17 bits per heavy atom. The Morgan fingerprint density at radius 2 is 1.91 bits per heavy atom. The molecule has 2 N–H and O–H groups in total. The van der Waals surface area contributed by atoms with Gasteiger partial charge in [-0.1, -0.05) is 24.3 Å². The number of carbonyl (C=O) groups excluding carboxylic acids is 1. The SMILES string of the molecule is Cc1ccc2nc(S(=O)(=O)CC(=O)Nc3ccccc3)[nH]c2c1. The number of aromatic nitrogens is 2. The van der Waals surface area contributed by atoms with Crippen LogP contribution in [0.4, 0.5) is 5.69 Å². The van der Waals surface area contributed by atoms with E-state index >= 15 is 0 Å². The maximum Gasteiger partial charge on any atom is 0.240 e. The average Bonchev–Trinajstić information content (AvgIpc) is 2.91. The average molecular weight is 329 g/mol. The first-order valence-corrected chi connectivity index (χ1v) is 8.63. The van der Waals surface area contributed by atoms with Gasteiger partial charge in [0, 0.05) is 5.69 Å². The lowest BCUT2D eigenvalue weighted by atomic mass is 10.2. The molecule has 0 aliphatic heterocycles. The molecule has 0 atom stereocenters. The molecule has 1 aromatic heterocycles. The van der Waals surface area contributed by atoms with Crippen molar-refractivity contribution in [2.75, 3.05) is 11.1 Å². The number of imidazole rings is 1. The molecule has 118 valence electrons. The fourth-order valence-electron chi connectivity index (χ4n) is 2.21. The van der Waals surface area contributed by atoms with Crippen LogP contribution in [0, 0.1) is 6.92 Å². The lowest BCUT2D eigenvalue weighted by Gasteiger charge is -2.04. The fraction of sp³-hybridized carbons (Fsp3) is 0.125. The van der Waals surface area contributed by atoms with Gasteiger partial charge < -0.3 is 10.3 Å². The first-order chi connectivity index (χ1) is 10.9. The lowest BCUT2D eigenvalue weighted by Crippen LogP contribution is -2.23. The third kappa shape index (κ3) is 3.40. The highest BCUT2D eigenvalue weighted by molar-refractivity contribution is 7.92. The Kier molecular flexibility index (Phi) is 3.87. The van der Waals surface area contributed by atoms with Crippen LogP contribution in [0.5, 0.6) is 0 Å². The van der Waals surface area contributed by atoms with Crippen molar-refractivity contribution in [1.82, 2.24) is 9.97 Å². The van der Waals surface area contributed by atoms with Crippen molar-refractivity contribution in [3.05, 3.63) is 54.1 Å². The Bertz CT molecular complexity index is 963. The van der Waals surface area contributed by atoms with Crippen LogP contribution in [-0.4, -0.2) is 30.0 Å². The van der Waals surface area contributed by atoms with Crippen LogP contribution in [0.1, 0.15) is 5.56 Å². The van der Waals surface area contributed by atoms with Gasteiger partial charge in [-0.25, -0.2) is 13.4 Å². The van der Waals surface area contributed by atoms with Crippen molar-refractivity contribution < 1.29 is 13.2 Å². The Labute approximate surface area is 133 Å². The number of carbonyl (C=O) groups is 1. The minimum Gasteiger partial charge on any atom is -0.329 e. The predicted molar refractivity (Wildman–Crippen MR) is 88.0 cm³/mol. The van der Waals surface area contributed by atoms with Gasteiger partial charge in [0.15, 0.2) is 0 Å². The minimum absolute atomic E-state index is 0.193. The number of aryl methyl sites for hydroxylation is 1. The molecule has 0 spiro atoms. The van der Waals surface area contributed by atoms with Gasteiger partial charge in [0.25, 0.3) is 0 Å². The summed E-state index contributed by atoms with van der Waals surface area (Å²) >= 11 is 0. The molecule has 0 saturated heterocycles. The summed E-state index contributed by atoms with van der Waals surface area (Å²) in [5.41, 5.74) is 2.73. The molecule has 23 heavy (non-hydrogen) atoms. The summed E-state index contributed by atoms with van der Waals surface area (Å²) in [7, 11) is -3.83. The summed E-state index contributed by atoms with van der Waals surface area (Å²) in [5, 5.41) is 2.36. The van der Waals surface area contributed by atoms with Crippen LogP contribution < -0.4 is 5.32 Å². The van der Waals surface area contributed by atoms with Gasteiger partial charge in [-0.3, -0.25) is 4.79 Å². The predicted octanol–water partition coefficient (Wildman–Crippen LogP) is 2.28. The molecule has 0 fully saturated rings. The van der Waals surface area contributed by atoms with Gasteiger partial charge in [-0.2, -0.15) is 0 Å². The second-order valence-electron chi connectivity index (χ2n) is 5.24. The highest BCUT2D eigenvalue weighted by Gasteiger charge is 2.23. The summed E-state index contributed by atoms with van der Waals surface area (Å²) in [6, 6.07) is 14.1. The number of aromatic amines is 1.